The number of carbonyl (C=O) groups excluding carboxylic acids is 2. The number of hydrogen-bond acceptors (Lipinski definition) is 7. The zero-order valence-electron chi connectivity index (χ0n) is 62.8. The smallest absolute Gasteiger partial charge is 0.361 e. The molecule has 0 aromatic rings. The molecule has 0 aliphatic heterocycles. The monoisotopic (exact) mass is 1300 g/mol. The lowest BCUT2D eigenvalue weighted by molar-refractivity contribution is -0.870. The second kappa shape index (κ2) is 74.8. The van der Waals surface area contributed by atoms with Gasteiger partial charge in [0.2, 0.25) is 0 Å². The summed E-state index contributed by atoms with van der Waals surface area (Å²) in [5.74, 6) is -1.96. The molecule has 9 heteroatoms. The fourth-order valence-electron chi connectivity index (χ4n) is 13.0. The van der Waals surface area contributed by atoms with Crippen molar-refractivity contribution in [2.75, 3.05) is 47.5 Å². The second-order valence-electron chi connectivity index (χ2n) is 29.8. The summed E-state index contributed by atoms with van der Waals surface area (Å²) in [7, 11) is 6.00. The van der Waals surface area contributed by atoms with Crippen LogP contribution in [0.3, 0.4) is 0 Å². The molecule has 0 saturated carbocycles. The van der Waals surface area contributed by atoms with E-state index in [4.69, 9.17) is 18.9 Å². The maximum Gasteiger partial charge on any atom is 0.361 e. The number of rotatable bonds is 79. The summed E-state index contributed by atoms with van der Waals surface area (Å²) >= 11 is 0. The molecule has 0 aliphatic carbocycles. The molecule has 0 bridgehead atoms. The molecule has 0 saturated heterocycles. The molecule has 546 valence electrons. The predicted octanol–water partition coefficient (Wildman–Crippen LogP) is 26.3. The van der Waals surface area contributed by atoms with E-state index in [1.165, 1.54) is 379 Å². The minimum Gasteiger partial charge on any atom is -0.477 e. The normalized spacial score (nSPS) is 12.6. The number of aliphatic carboxylic acids is 1. The topological polar surface area (TPSA) is 108 Å². The van der Waals surface area contributed by atoms with Gasteiger partial charge in [0.15, 0.2) is 6.10 Å². The van der Waals surface area contributed by atoms with Crippen molar-refractivity contribution >= 4 is 17.9 Å². The maximum atomic E-state index is 13.0. The number of allylic oxidation sites excluding steroid dienone is 2. The van der Waals surface area contributed by atoms with E-state index >= 15 is 0 Å². The van der Waals surface area contributed by atoms with Crippen molar-refractivity contribution < 1.29 is 42.9 Å². The Morgan fingerprint density at radius 2 is 0.554 bits per heavy atom. The number of carbonyl (C=O) groups is 3. The van der Waals surface area contributed by atoms with E-state index < -0.39 is 18.4 Å². The lowest BCUT2D eigenvalue weighted by atomic mass is 10.0. The molecule has 0 radical (unpaired) electrons. The van der Waals surface area contributed by atoms with Crippen LogP contribution in [0.25, 0.3) is 0 Å². The number of carboxylic acid groups (broad SMARTS) is 1. The highest BCUT2D eigenvalue weighted by atomic mass is 16.7. The van der Waals surface area contributed by atoms with Crippen LogP contribution in [-0.4, -0.2) is 87.4 Å². The van der Waals surface area contributed by atoms with E-state index in [2.05, 4.69) is 26.0 Å². The molecule has 2 atom stereocenters. The van der Waals surface area contributed by atoms with Gasteiger partial charge in [0.1, 0.15) is 13.2 Å². The molecule has 0 heterocycles. The van der Waals surface area contributed by atoms with Gasteiger partial charge in [-0.15, -0.1) is 0 Å². The average molecular weight is 1300 g/mol. The Balaban J connectivity index is 3.92. The molecule has 0 amide bonds. The molecule has 0 spiro atoms. The van der Waals surface area contributed by atoms with Crippen LogP contribution in [0.4, 0.5) is 0 Å². The van der Waals surface area contributed by atoms with Crippen molar-refractivity contribution in [2.24, 2.45) is 0 Å². The molecule has 1 N–H and O–H groups in total. The van der Waals surface area contributed by atoms with Crippen molar-refractivity contribution in [3.63, 3.8) is 0 Å². The summed E-state index contributed by atoms with van der Waals surface area (Å²) in [6.07, 6.45) is 91.1. The highest BCUT2D eigenvalue weighted by Gasteiger charge is 2.25. The Kier molecular flexibility index (Phi) is 73.2. The average Bonchev–Trinajstić information content (AvgIpc) is 3.75. The fourth-order valence-corrected chi connectivity index (χ4v) is 13.0. The van der Waals surface area contributed by atoms with Crippen LogP contribution in [0.15, 0.2) is 12.2 Å². The molecule has 0 aromatic heterocycles. The second-order valence-corrected chi connectivity index (χ2v) is 29.8. The number of hydrogen-bond donors (Lipinski definition) is 1. The maximum absolute atomic E-state index is 13.0. The first kappa shape index (κ1) is 90.0. The minimum absolute atomic E-state index is 0.172. The van der Waals surface area contributed by atoms with Crippen LogP contribution in [-0.2, 0) is 33.3 Å². The van der Waals surface area contributed by atoms with Gasteiger partial charge in [-0.25, -0.2) is 4.79 Å². The van der Waals surface area contributed by atoms with E-state index in [0.29, 0.717) is 17.4 Å². The highest BCUT2D eigenvalue weighted by Crippen LogP contribution is 2.21. The van der Waals surface area contributed by atoms with Crippen LogP contribution in [0.1, 0.15) is 444 Å². The van der Waals surface area contributed by atoms with Crippen molar-refractivity contribution in [3.05, 3.63) is 12.2 Å². The fraction of sp³-hybridized carbons (Fsp3) is 0.940. The van der Waals surface area contributed by atoms with Crippen molar-refractivity contribution in [1.82, 2.24) is 0 Å². The first-order chi connectivity index (χ1) is 45.1. The molecular formula is C83H162NO8+. The Morgan fingerprint density at radius 3 is 0.804 bits per heavy atom. The number of nitrogens with zero attached hydrogens (tertiary/aromatic N) is 1. The Morgan fingerprint density at radius 1 is 0.315 bits per heavy atom. The largest absolute Gasteiger partial charge is 0.477 e. The highest BCUT2D eigenvalue weighted by molar-refractivity contribution is 5.71. The van der Waals surface area contributed by atoms with E-state index in [1.807, 2.05) is 21.1 Å². The van der Waals surface area contributed by atoms with Gasteiger partial charge in [0, 0.05) is 12.8 Å². The summed E-state index contributed by atoms with van der Waals surface area (Å²) in [6.45, 7) is 4.98. The third-order valence-corrected chi connectivity index (χ3v) is 19.3. The zero-order valence-corrected chi connectivity index (χ0v) is 62.8. The summed E-state index contributed by atoms with van der Waals surface area (Å²) in [5, 5.41) is 9.77. The van der Waals surface area contributed by atoms with Crippen LogP contribution in [0.5, 0.6) is 0 Å². The Hall–Kier alpha value is -1.97. The van der Waals surface area contributed by atoms with Crippen LogP contribution >= 0.6 is 0 Å². The summed E-state index contributed by atoms with van der Waals surface area (Å²) in [6, 6.07) is 0. The molecule has 2 unspecified atom stereocenters. The zero-order chi connectivity index (χ0) is 66.8. The van der Waals surface area contributed by atoms with Gasteiger partial charge < -0.3 is 28.5 Å². The van der Waals surface area contributed by atoms with E-state index in [1.54, 1.807) is 0 Å². The van der Waals surface area contributed by atoms with Crippen LogP contribution in [0.2, 0.25) is 0 Å². The van der Waals surface area contributed by atoms with Crippen molar-refractivity contribution in [2.45, 2.75) is 456 Å². The van der Waals surface area contributed by atoms with Gasteiger partial charge in [-0.1, -0.05) is 405 Å². The molecule has 0 aliphatic rings. The van der Waals surface area contributed by atoms with Crippen molar-refractivity contribution in [1.29, 1.82) is 0 Å². The summed E-state index contributed by atoms with van der Waals surface area (Å²) in [4.78, 5) is 37.7. The van der Waals surface area contributed by atoms with Crippen molar-refractivity contribution in [3.8, 4) is 0 Å². The van der Waals surface area contributed by atoms with Crippen LogP contribution < -0.4 is 0 Å². The van der Waals surface area contributed by atoms with Gasteiger partial charge in [-0.3, -0.25) is 9.59 Å². The summed E-state index contributed by atoms with van der Waals surface area (Å²) in [5.41, 5.74) is 0. The number of likely N-dealkylation sites (N-methyl/N-ethyl adjacent to an activating group) is 1. The number of esters is 2. The number of quaternary nitrogens is 1. The lowest BCUT2D eigenvalue weighted by Crippen LogP contribution is -2.40. The molecule has 9 nitrogen and oxygen atoms in total. The molecular weight excluding hydrogens is 1140 g/mol. The molecule has 92 heavy (non-hydrogen) atoms. The number of ether oxygens (including phenoxy) is 4. The van der Waals surface area contributed by atoms with Gasteiger partial charge in [0.25, 0.3) is 6.29 Å². The minimum atomic E-state index is -1.51. The standard InChI is InChI=1S/C83H161NO8/c1-6-8-10-12-14-16-18-20-22-24-26-28-30-32-34-36-37-38-39-40-41-42-43-44-45-46-48-50-52-54-56-58-60-62-64-66-68-70-72-74-81(86)92-79(78-91-83(82(87)88)89-76-75-84(3,4)5)77-90-80(85)73-71-69-67-65-63-61-59-57-55-53-51-49-47-35-33-31-29-27-25-23-21-19-17-15-13-11-9-7-2/h24,26,79,83H,6-23,25,27-78H2,1-5H3/p+1/b26-24-. The lowest BCUT2D eigenvalue weighted by Gasteiger charge is -2.25. The quantitative estimate of drug-likeness (QED) is 0.0211. The van der Waals surface area contributed by atoms with Gasteiger partial charge in [-0.2, -0.15) is 0 Å². The van der Waals surface area contributed by atoms with Crippen LogP contribution in [0, 0.1) is 0 Å². The molecule has 0 rings (SSSR count). The first-order valence-electron chi connectivity index (χ1n) is 41.4. The molecule has 0 aromatic carbocycles. The number of unbranched alkanes of at least 4 members (excludes halogenated alkanes) is 62. The van der Waals surface area contributed by atoms with Gasteiger partial charge in [0.05, 0.1) is 34.4 Å². The summed E-state index contributed by atoms with van der Waals surface area (Å²) < 4.78 is 23.1. The Labute approximate surface area is 574 Å². The molecule has 0 fully saturated rings. The van der Waals surface area contributed by atoms with E-state index in [9.17, 15) is 19.5 Å². The van der Waals surface area contributed by atoms with E-state index in [-0.39, 0.29) is 38.2 Å². The Bertz CT molecular complexity index is 1510. The van der Waals surface area contributed by atoms with E-state index in [0.717, 1.165) is 38.5 Å². The van der Waals surface area contributed by atoms with Gasteiger partial charge >= 0.3 is 17.9 Å². The SMILES string of the molecule is CCCCCCCCCC/C=C\CCCCCCCCCCCCCCCCCCCCCCCCCCCCCC(=O)OC(COC(=O)CCCCCCCCCCCCCCCCCCCCCCCCCCCCCC)COC(OCC[N+](C)(C)C)C(=O)O. The van der Waals surface area contributed by atoms with Gasteiger partial charge in [-0.05, 0) is 38.5 Å². The first-order valence-corrected chi connectivity index (χ1v) is 41.4. The third-order valence-electron chi connectivity index (χ3n) is 19.3. The third kappa shape index (κ3) is 75.4. The predicted molar refractivity (Wildman–Crippen MR) is 397 cm³/mol. The number of carboxylic acids is 1.